The van der Waals surface area contributed by atoms with Crippen LogP contribution in [0.4, 0.5) is 15.9 Å². The van der Waals surface area contributed by atoms with Gasteiger partial charge in [0.05, 0.1) is 5.02 Å². The van der Waals surface area contributed by atoms with Crippen LogP contribution in [0.15, 0.2) is 36.4 Å². The van der Waals surface area contributed by atoms with Gasteiger partial charge in [0.25, 0.3) is 5.91 Å². The number of carbonyl (C=O) groups excluding carboxylic acids is 1. The number of anilines is 2. The van der Waals surface area contributed by atoms with Crippen molar-refractivity contribution in [3.05, 3.63) is 52.9 Å². The molecule has 2 aromatic rings. The highest BCUT2D eigenvalue weighted by atomic mass is 35.5. The van der Waals surface area contributed by atoms with Gasteiger partial charge in [0.1, 0.15) is 17.3 Å². The first-order valence-corrected chi connectivity index (χ1v) is 5.82. The topological polar surface area (TPSA) is 59.2 Å². The second kappa shape index (κ2) is 5.24. The molecule has 1 amide bonds. The number of hydrogen-bond donors (Lipinski definition) is 1. The largest absolute Gasteiger partial charge is 0.384 e. The lowest BCUT2D eigenvalue weighted by Crippen LogP contribution is -2.27. The average Bonchev–Trinajstić information content (AvgIpc) is 2.40. The molecule has 0 fully saturated rings. The van der Waals surface area contributed by atoms with Crippen molar-refractivity contribution < 1.29 is 9.18 Å². The van der Waals surface area contributed by atoms with Crippen LogP contribution in [0.2, 0.25) is 5.02 Å². The van der Waals surface area contributed by atoms with Crippen molar-refractivity contribution in [2.75, 3.05) is 17.7 Å². The predicted octanol–water partition coefficient (Wildman–Crippen LogP) is 2.73. The Kier molecular flexibility index (Phi) is 3.66. The quantitative estimate of drug-likeness (QED) is 0.919. The van der Waals surface area contributed by atoms with E-state index >= 15 is 0 Å². The highest BCUT2D eigenvalue weighted by molar-refractivity contribution is 6.34. The maximum absolute atomic E-state index is 13.1. The van der Waals surface area contributed by atoms with E-state index in [0.717, 1.165) is 0 Å². The first-order valence-electron chi connectivity index (χ1n) is 5.44. The van der Waals surface area contributed by atoms with E-state index in [-0.39, 0.29) is 16.5 Å². The molecule has 4 nitrogen and oxygen atoms in total. The SMILES string of the molecule is CN(C(=O)c1nc(N)ccc1Cl)c1cccc(F)c1. The molecule has 0 bridgehead atoms. The third kappa shape index (κ3) is 2.82. The van der Waals surface area contributed by atoms with E-state index < -0.39 is 11.7 Å². The first kappa shape index (κ1) is 13.3. The molecular formula is C13H11ClFN3O. The standard InChI is InChI=1S/C13H11ClFN3O/c1-18(9-4-2-3-8(15)7-9)13(19)12-10(14)5-6-11(16)17-12/h2-7H,1H3,(H2,16,17). The van der Waals surface area contributed by atoms with Gasteiger partial charge in [0.2, 0.25) is 0 Å². The second-order valence-electron chi connectivity index (χ2n) is 3.91. The van der Waals surface area contributed by atoms with Crippen molar-refractivity contribution >= 4 is 29.0 Å². The van der Waals surface area contributed by atoms with Crippen molar-refractivity contribution in [3.63, 3.8) is 0 Å². The Morgan fingerprint density at radius 1 is 1.37 bits per heavy atom. The Labute approximate surface area is 114 Å². The molecule has 2 rings (SSSR count). The Morgan fingerprint density at radius 2 is 2.11 bits per heavy atom. The summed E-state index contributed by atoms with van der Waals surface area (Å²) in [5.74, 6) is -0.688. The number of halogens is 2. The Balaban J connectivity index is 2.36. The fraction of sp³-hybridized carbons (Fsp3) is 0.0769. The van der Waals surface area contributed by atoms with E-state index in [2.05, 4.69) is 4.98 Å². The molecule has 1 aromatic carbocycles. The molecule has 0 aliphatic rings. The van der Waals surface area contributed by atoms with Crippen molar-refractivity contribution in [1.29, 1.82) is 0 Å². The molecule has 98 valence electrons. The summed E-state index contributed by atoms with van der Waals surface area (Å²) in [7, 11) is 1.51. The number of nitrogen functional groups attached to an aromatic ring is 1. The van der Waals surface area contributed by atoms with Crippen molar-refractivity contribution in [2.45, 2.75) is 0 Å². The fourth-order valence-corrected chi connectivity index (χ4v) is 1.75. The van der Waals surface area contributed by atoms with Crippen LogP contribution in [0.5, 0.6) is 0 Å². The van der Waals surface area contributed by atoms with Crippen LogP contribution in [0.3, 0.4) is 0 Å². The smallest absolute Gasteiger partial charge is 0.278 e. The molecule has 0 spiro atoms. The number of amides is 1. The molecule has 0 radical (unpaired) electrons. The number of nitrogens with two attached hydrogens (primary N) is 1. The fourth-order valence-electron chi connectivity index (χ4n) is 1.57. The molecule has 19 heavy (non-hydrogen) atoms. The molecule has 2 N–H and O–H groups in total. The van der Waals surface area contributed by atoms with E-state index in [9.17, 15) is 9.18 Å². The third-order valence-corrected chi connectivity index (χ3v) is 2.88. The van der Waals surface area contributed by atoms with Gasteiger partial charge in [0.15, 0.2) is 0 Å². The minimum atomic E-state index is -0.456. The lowest BCUT2D eigenvalue weighted by Gasteiger charge is -2.17. The minimum Gasteiger partial charge on any atom is -0.384 e. The summed E-state index contributed by atoms with van der Waals surface area (Å²) in [6.07, 6.45) is 0. The summed E-state index contributed by atoms with van der Waals surface area (Å²) < 4.78 is 13.1. The molecule has 1 aromatic heterocycles. The number of aromatic nitrogens is 1. The van der Waals surface area contributed by atoms with Crippen LogP contribution in [0.1, 0.15) is 10.5 Å². The van der Waals surface area contributed by atoms with Crippen molar-refractivity contribution in [3.8, 4) is 0 Å². The molecule has 0 saturated carbocycles. The average molecular weight is 280 g/mol. The number of carbonyl (C=O) groups is 1. The van der Waals surface area contributed by atoms with Gasteiger partial charge in [-0.15, -0.1) is 0 Å². The summed E-state index contributed by atoms with van der Waals surface area (Å²) in [4.78, 5) is 17.4. The van der Waals surface area contributed by atoms with Crippen LogP contribution < -0.4 is 10.6 Å². The van der Waals surface area contributed by atoms with E-state index in [1.165, 1.54) is 42.3 Å². The highest BCUT2D eigenvalue weighted by Gasteiger charge is 2.18. The van der Waals surface area contributed by atoms with E-state index in [1.807, 2.05) is 0 Å². The van der Waals surface area contributed by atoms with Gasteiger partial charge in [0, 0.05) is 12.7 Å². The summed E-state index contributed by atoms with van der Waals surface area (Å²) in [6.45, 7) is 0. The minimum absolute atomic E-state index is 0.0356. The van der Waals surface area contributed by atoms with E-state index in [1.54, 1.807) is 6.07 Å². The number of benzene rings is 1. The maximum Gasteiger partial charge on any atom is 0.278 e. The van der Waals surface area contributed by atoms with E-state index in [0.29, 0.717) is 5.69 Å². The lowest BCUT2D eigenvalue weighted by atomic mass is 10.2. The molecule has 0 unspecified atom stereocenters. The number of hydrogen-bond acceptors (Lipinski definition) is 3. The summed E-state index contributed by atoms with van der Waals surface area (Å²) in [6, 6.07) is 8.67. The third-order valence-electron chi connectivity index (χ3n) is 2.57. The van der Waals surface area contributed by atoms with Gasteiger partial charge < -0.3 is 10.6 Å². The van der Waals surface area contributed by atoms with Gasteiger partial charge in [-0.05, 0) is 30.3 Å². The van der Waals surface area contributed by atoms with Crippen LogP contribution in [-0.2, 0) is 0 Å². The molecule has 0 aliphatic heterocycles. The zero-order valence-electron chi connectivity index (χ0n) is 10.1. The Bertz CT molecular complexity index is 633. The predicted molar refractivity (Wildman–Crippen MR) is 72.8 cm³/mol. The summed E-state index contributed by atoms with van der Waals surface area (Å²) in [5, 5.41) is 0.197. The van der Waals surface area contributed by atoms with Crippen LogP contribution >= 0.6 is 11.6 Å². The first-order chi connectivity index (χ1) is 8.99. The zero-order valence-corrected chi connectivity index (χ0v) is 10.9. The summed E-state index contributed by atoms with van der Waals surface area (Å²) in [5.41, 5.74) is 5.97. The van der Waals surface area contributed by atoms with Crippen LogP contribution in [-0.4, -0.2) is 17.9 Å². The van der Waals surface area contributed by atoms with Gasteiger partial charge in [-0.1, -0.05) is 17.7 Å². The molecule has 0 atom stereocenters. The monoisotopic (exact) mass is 279 g/mol. The van der Waals surface area contributed by atoms with Gasteiger partial charge in [-0.3, -0.25) is 4.79 Å². The van der Waals surface area contributed by atoms with Gasteiger partial charge in [-0.25, -0.2) is 9.37 Å². The maximum atomic E-state index is 13.1. The molecule has 0 saturated heterocycles. The molecular weight excluding hydrogens is 269 g/mol. The normalized spacial score (nSPS) is 10.3. The Hall–Kier alpha value is -2.14. The molecule has 0 aliphatic carbocycles. The molecule has 1 heterocycles. The second-order valence-corrected chi connectivity index (χ2v) is 4.32. The summed E-state index contributed by atoms with van der Waals surface area (Å²) >= 11 is 5.91. The number of rotatable bonds is 2. The highest BCUT2D eigenvalue weighted by Crippen LogP contribution is 2.21. The Morgan fingerprint density at radius 3 is 2.79 bits per heavy atom. The van der Waals surface area contributed by atoms with Crippen molar-refractivity contribution in [1.82, 2.24) is 4.98 Å². The van der Waals surface area contributed by atoms with Crippen LogP contribution in [0, 0.1) is 5.82 Å². The number of nitrogens with zero attached hydrogens (tertiary/aromatic N) is 2. The van der Waals surface area contributed by atoms with E-state index in [4.69, 9.17) is 17.3 Å². The van der Waals surface area contributed by atoms with Gasteiger partial charge >= 0.3 is 0 Å². The van der Waals surface area contributed by atoms with Crippen molar-refractivity contribution in [2.24, 2.45) is 0 Å². The zero-order chi connectivity index (χ0) is 14.0. The number of pyridine rings is 1. The van der Waals surface area contributed by atoms with Gasteiger partial charge in [-0.2, -0.15) is 0 Å². The lowest BCUT2D eigenvalue weighted by molar-refractivity contribution is 0.0988. The van der Waals surface area contributed by atoms with Crippen LogP contribution in [0.25, 0.3) is 0 Å². The molecule has 6 heteroatoms.